The molecule has 1 heterocycles. The van der Waals surface area contributed by atoms with Gasteiger partial charge < -0.3 is 24.8 Å². The molecule has 0 spiro atoms. The maximum Gasteiger partial charge on any atom is 0.123 e. The van der Waals surface area contributed by atoms with Crippen molar-refractivity contribution in [3.8, 4) is 11.5 Å². The van der Waals surface area contributed by atoms with Crippen LogP contribution in [0.15, 0.2) is 18.2 Å². The van der Waals surface area contributed by atoms with Crippen LogP contribution >= 0.6 is 0 Å². The van der Waals surface area contributed by atoms with Gasteiger partial charge in [0.2, 0.25) is 0 Å². The van der Waals surface area contributed by atoms with Gasteiger partial charge in [0.25, 0.3) is 0 Å². The van der Waals surface area contributed by atoms with Gasteiger partial charge in [0.05, 0.1) is 20.3 Å². The topological polar surface area (TPSA) is 57.0 Å². The van der Waals surface area contributed by atoms with E-state index in [0.717, 1.165) is 49.5 Å². The Kier molecular flexibility index (Phi) is 5.85. The summed E-state index contributed by atoms with van der Waals surface area (Å²) in [6, 6.07) is 5.67. The van der Waals surface area contributed by atoms with Crippen LogP contribution in [0.25, 0.3) is 0 Å². The molecule has 1 unspecified atom stereocenters. The molecule has 0 aliphatic carbocycles. The van der Waals surface area contributed by atoms with Crippen molar-refractivity contribution in [3.63, 3.8) is 0 Å². The number of rotatable bonds is 6. The van der Waals surface area contributed by atoms with Crippen LogP contribution in [0, 0.1) is 0 Å². The van der Waals surface area contributed by atoms with Crippen LogP contribution in [0.3, 0.4) is 0 Å². The van der Waals surface area contributed by atoms with Crippen molar-refractivity contribution in [2.45, 2.75) is 25.0 Å². The Morgan fingerprint density at radius 2 is 1.90 bits per heavy atom. The van der Waals surface area contributed by atoms with E-state index in [9.17, 15) is 0 Å². The molecule has 2 rings (SSSR count). The number of nitrogens with two attached hydrogens (primary N) is 1. The summed E-state index contributed by atoms with van der Waals surface area (Å²) in [5, 5.41) is 0. The van der Waals surface area contributed by atoms with Gasteiger partial charge in [-0.05, 0) is 31.0 Å². The maximum atomic E-state index is 6.38. The van der Waals surface area contributed by atoms with E-state index in [2.05, 4.69) is 4.90 Å². The van der Waals surface area contributed by atoms with E-state index in [-0.39, 0.29) is 6.04 Å². The van der Waals surface area contributed by atoms with Gasteiger partial charge in [0, 0.05) is 38.3 Å². The van der Waals surface area contributed by atoms with Crippen LogP contribution in [-0.4, -0.2) is 52.0 Å². The number of likely N-dealkylation sites (tertiary alicyclic amines) is 1. The third-order valence-electron chi connectivity index (χ3n) is 4.16. The Balaban J connectivity index is 2.01. The van der Waals surface area contributed by atoms with Gasteiger partial charge in [-0.25, -0.2) is 0 Å². The van der Waals surface area contributed by atoms with Crippen molar-refractivity contribution >= 4 is 0 Å². The van der Waals surface area contributed by atoms with E-state index in [1.54, 1.807) is 21.3 Å². The van der Waals surface area contributed by atoms with Gasteiger partial charge in [0.15, 0.2) is 0 Å². The summed E-state index contributed by atoms with van der Waals surface area (Å²) < 4.78 is 16.1. The minimum atomic E-state index is -0.0888. The highest BCUT2D eigenvalue weighted by Crippen LogP contribution is 2.29. The van der Waals surface area contributed by atoms with Gasteiger partial charge in [-0.1, -0.05) is 0 Å². The largest absolute Gasteiger partial charge is 0.497 e. The van der Waals surface area contributed by atoms with E-state index < -0.39 is 0 Å². The van der Waals surface area contributed by atoms with Gasteiger partial charge in [-0.15, -0.1) is 0 Å². The third-order valence-corrected chi connectivity index (χ3v) is 4.16. The normalized spacial score (nSPS) is 18.5. The molecule has 1 aliphatic rings. The molecule has 1 aromatic rings. The van der Waals surface area contributed by atoms with Crippen LogP contribution in [-0.2, 0) is 4.74 Å². The molecule has 0 saturated carbocycles. The van der Waals surface area contributed by atoms with E-state index in [4.69, 9.17) is 19.9 Å². The molecule has 2 N–H and O–H groups in total. The molecule has 1 saturated heterocycles. The lowest BCUT2D eigenvalue weighted by atomic mass is 10.0. The molecular weight excluding hydrogens is 268 g/mol. The quantitative estimate of drug-likeness (QED) is 0.867. The lowest BCUT2D eigenvalue weighted by molar-refractivity contribution is 0.0394. The summed E-state index contributed by atoms with van der Waals surface area (Å²) in [5.74, 6) is 1.62. The molecule has 21 heavy (non-hydrogen) atoms. The molecule has 0 aromatic heterocycles. The lowest BCUT2D eigenvalue weighted by Crippen LogP contribution is -2.40. The molecular formula is C16H26N2O3. The first-order valence-corrected chi connectivity index (χ1v) is 7.40. The average molecular weight is 294 g/mol. The van der Waals surface area contributed by atoms with Crippen LogP contribution in [0.2, 0.25) is 0 Å². The number of hydrogen-bond acceptors (Lipinski definition) is 5. The Bertz CT molecular complexity index is 445. The molecule has 0 radical (unpaired) electrons. The molecule has 1 aliphatic heterocycles. The fraction of sp³-hybridized carbons (Fsp3) is 0.625. The molecule has 5 heteroatoms. The third kappa shape index (κ3) is 4.09. The summed E-state index contributed by atoms with van der Waals surface area (Å²) in [4.78, 5) is 2.39. The van der Waals surface area contributed by atoms with Crippen molar-refractivity contribution in [2.75, 3.05) is 41.0 Å². The highest BCUT2D eigenvalue weighted by atomic mass is 16.5. The summed E-state index contributed by atoms with van der Waals surface area (Å²) >= 11 is 0. The Morgan fingerprint density at radius 1 is 1.19 bits per heavy atom. The molecule has 118 valence electrons. The van der Waals surface area contributed by atoms with Crippen molar-refractivity contribution < 1.29 is 14.2 Å². The number of benzene rings is 1. The van der Waals surface area contributed by atoms with Gasteiger partial charge >= 0.3 is 0 Å². The highest BCUT2D eigenvalue weighted by Gasteiger charge is 2.22. The van der Waals surface area contributed by atoms with E-state index in [1.165, 1.54) is 0 Å². The van der Waals surface area contributed by atoms with Crippen LogP contribution in [0.5, 0.6) is 11.5 Å². The van der Waals surface area contributed by atoms with E-state index in [1.807, 2.05) is 18.2 Å². The van der Waals surface area contributed by atoms with E-state index >= 15 is 0 Å². The number of hydrogen-bond donors (Lipinski definition) is 1. The molecule has 1 aromatic carbocycles. The SMILES string of the molecule is COc1ccc(OC)c(C(N)CN2CCC(OC)CC2)c1. The fourth-order valence-corrected chi connectivity index (χ4v) is 2.83. The van der Waals surface area contributed by atoms with Crippen molar-refractivity contribution in [3.05, 3.63) is 23.8 Å². The van der Waals surface area contributed by atoms with E-state index in [0.29, 0.717) is 6.10 Å². The second-order valence-electron chi connectivity index (χ2n) is 5.45. The Morgan fingerprint density at radius 3 is 2.48 bits per heavy atom. The average Bonchev–Trinajstić information content (AvgIpc) is 2.54. The monoisotopic (exact) mass is 294 g/mol. The summed E-state index contributed by atoms with van der Waals surface area (Å²) in [6.07, 6.45) is 2.53. The zero-order valence-electron chi connectivity index (χ0n) is 13.2. The number of piperidine rings is 1. The van der Waals surface area contributed by atoms with Crippen LogP contribution in [0.1, 0.15) is 24.4 Å². The zero-order valence-corrected chi connectivity index (χ0v) is 13.2. The first-order valence-electron chi connectivity index (χ1n) is 7.40. The summed E-state index contributed by atoms with van der Waals surface area (Å²) in [5.41, 5.74) is 7.38. The number of methoxy groups -OCH3 is 3. The van der Waals surface area contributed by atoms with Crippen LogP contribution in [0.4, 0.5) is 0 Å². The van der Waals surface area contributed by atoms with Gasteiger partial charge in [0.1, 0.15) is 11.5 Å². The molecule has 0 amide bonds. The predicted octanol–water partition coefficient (Wildman–Crippen LogP) is 1.81. The summed E-state index contributed by atoms with van der Waals surface area (Å²) in [7, 11) is 5.11. The minimum Gasteiger partial charge on any atom is -0.497 e. The standard InChI is InChI=1S/C16H26N2O3/c1-19-12-6-8-18(9-7-12)11-15(17)14-10-13(20-2)4-5-16(14)21-3/h4-5,10,12,15H,6-9,11,17H2,1-3H3. The molecule has 0 bridgehead atoms. The number of nitrogens with zero attached hydrogens (tertiary/aromatic N) is 1. The van der Waals surface area contributed by atoms with Gasteiger partial charge in [-0.2, -0.15) is 0 Å². The smallest absolute Gasteiger partial charge is 0.123 e. The van der Waals surface area contributed by atoms with Crippen LogP contribution < -0.4 is 15.2 Å². The Labute approximate surface area is 127 Å². The lowest BCUT2D eigenvalue weighted by Gasteiger charge is -2.33. The van der Waals surface area contributed by atoms with Crippen molar-refractivity contribution in [2.24, 2.45) is 5.73 Å². The fourth-order valence-electron chi connectivity index (χ4n) is 2.83. The van der Waals surface area contributed by atoms with Crippen molar-refractivity contribution in [1.82, 2.24) is 4.90 Å². The zero-order chi connectivity index (χ0) is 15.2. The predicted molar refractivity (Wildman–Crippen MR) is 82.9 cm³/mol. The molecule has 5 nitrogen and oxygen atoms in total. The minimum absolute atomic E-state index is 0.0888. The highest BCUT2D eigenvalue weighted by molar-refractivity contribution is 5.42. The maximum absolute atomic E-state index is 6.38. The van der Waals surface area contributed by atoms with Crippen molar-refractivity contribution in [1.29, 1.82) is 0 Å². The van der Waals surface area contributed by atoms with Gasteiger partial charge in [-0.3, -0.25) is 0 Å². The molecule has 1 fully saturated rings. The second kappa shape index (κ2) is 7.64. The second-order valence-corrected chi connectivity index (χ2v) is 5.45. The molecule has 1 atom stereocenters. The Hall–Kier alpha value is -1.30. The first-order chi connectivity index (χ1) is 10.2. The first kappa shape index (κ1) is 16.1. The summed E-state index contributed by atoms with van der Waals surface area (Å²) in [6.45, 7) is 2.87. The number of ether oxygens (including phenoxy) is 3.